The number of rotatable bonds is 7. The number of nitrogens with two attached hydrogens (primary N) is 1. The van der Waals surface area contributed by atoms with Crippen LogP contribution in [0.3, 0.4) is 0 Å². The maximum Gasteiger partial charge on any atom is 0.0997 e. The summed E-state index contributed by atoms with van der Waals surface area (Å²) in [4.78, 5) is 0. The van der Waals surface area contributed by atoms with Crippen LogP contribution in [0.15, 0.2) is 0 Å². The van der Waals surface area contributed by atoms with E-state index in [1.54, 1.807) is 7.11 Å². The SMILES string of the molecule is COCCCCn1nnc(CN)c1C1CC1. The molecule has 0 aromatic carbocycles. The lowest BCUT2D eigenvalue weighted by Crippen LogP contribution is -2.07. The van der Waals surface area contributed by atoms with Gasteiger partial charge in [-0.05, 0) is 25.7 Å². The first-order chi connectivity index (χ1) is 7.86. The van der Waals surface area contributed by atoms with E-state index >= 15 is 0 Å². The fourth-order valence-corrected chi connectivity index (χ4v) is 1.98. The monoisotopic (exact) mass is 224 g/mol. The van der Waals surface area contributed by atoms with Gasteiger partial charge in [-0.2, -0.15) is 0 Å². The van der Waals surface area contributed by atoms with E-state index in [0.717, 1.165) is 31.7 Å². The minimum atomic E-state index is 0.504. The largest absolute Gasteiger partial charge is 0.385 e. The minimum absolute atomic E-state index is 0.504. The Labute approximate surface area is 96.0 Å². The lowest BCUT2D eigenvalue weighted by atomic mass is 10.2. The van der Waals surface area contributed by atoms with Gasteiger partial charge in [0.25, 0.3) is 0 Å². The predicted molar refractivity (Wildman–Crippen MR) is 61.0 cm³/mol. The molecule has 90 valence electrons. The van der Waals surface area contributed by atoms with Crippen LogP contribution < -0.4 is 5.73 Å². The molecule has 2 N–H and O–H groups in total. The van der Waals surface area contributed by atoms with Gasteiger partial charge in [-0.1, -0.05) is 5.21 Å². The third kappa shape index (κ3) is 2.59. The topological polar surface area (TPSA) is 66.0 Å². The molecule has 0 radical (unpaired) electrons. The van der Waals surface area contributed by atoms with Crippen molar-refractivity contribution in [3.8, 4) is 0 Å². The molecule has 1 aliphatic carbocycles. The molecule has 0 spiro atoms. The third-order valence-electron chi connectivity index (χ3n) is 2.97. The van der Waals surface area contributed by atoms with Crippen LogP contribution in [0.2, 0.25) is 0 Å². The quantitative estimate of drug-likeness (QED) is 0.703. The summed E-state index contributed by atoms with van der Waals surface area (Å²) in [5.41, 5.74) is 7.93. The zero-order valence-corrected chi connectivity index (χ0v) is 9.85. The van der Waals surface area contributed by atoms with E-state index in [2.05, 4.69) is 10.3 Å². The second-order valence-corrected chi connectivity index (χ2v) is 4.32. The number of hydrogen-bond donors (Lipinski definition) is 1. The van der Waals surface area contributed by atoms with Crippen LogP contribution in [0.25, 0.3) is 0 Å². The number of unbranched alkanes of at least 4 members (excludes halogenated alkanes) is 1. The van der Waals surface area contributed by atoms with Gasteiger partial charge in [0.2, 0.25) is 0 Å². The summed E-state index contributed by atoms with van der Waals surface area (Å²) in [5.74, 6) is 0.663. The van der Waals surface area contributed by atoms with Gasteiger partial charge in [0.05, 0.1) is 11.4 Å². The summed E-state index contributed by atoms with van der Waals surface area (Å²) in [6, 6.07) is 0. The highest BCUT2D eigenvalue weighted by Crippen LogP contribution is 2.41. The Bertz CT molecular complexity index is 333. The lowest BCUT2D eigenvalue weighted by Gasteiger charge is -2.06. The maximum absolute atomic E-state index is 5.67. The van der Waals surface area contributed by atoms with E-state index in [4.69, 9.17) is 10.5 Å². The van der Waals surface area contributed by atoms with Crippen molar-refractivity contribution in [3.63, 3.8) is 0 Å². The van der Waals surface area contributed by atoms with Crippen molar-refractivity contribution >= 4 is 0 Å². The van der Waals surface area contributed by atoms with Crippen molar-refractivity contribution in [1.82, 2.24) is 15.0 Å². The fourth-order valence-electron chi connectivity index (χ4n) is 1.98. The van der Waals surface area contributed by atoms with Crippen LogP contribution in [0.4, 0.5) is 0 Å². The Hall–Kier alpha value is -0.940. The minimum Gasteiger partial charge on any atom is -0.385 e. The Morgan fingerprint density at radius 1 is 1.44 bits per heavy atom. The Morgan fingerprint density at radius 2 is 2.25 bits per heavy atom. The van der Waals surface area contributed by atoms with Gasteiger partial charge in [-0.25, -0.2) is 4.68 Å². The number of aromatic nitrogens is 3. The van der Waals surface area contributed by atoms with Crippen LogP contribution in [-0.4, -0.2) is 28.7 Å². The molecular weight excluding hydrogens is 204 g/mol. The van der Waals surface area contributed by atoms with Gasteiger partial charge in [0, 0.05) is 32.7 Å². The van der Waals surface area contributed by atoms with Crippen LogP contribution in [0.5, 0.6) is 0 Å². The van der Waals surface area contributed by atoms with Crippen LogP contribution in [-0.2, 0) is 17.8 Å². The van der Waals surface area contributed by atoms with E-state index in [-0.39, 0.29) is 0 Å². The highest BCUT2D eigenvalue weighted by atomic mass is 16.5. The van der Waals surface area contributed by atoms with E-state index in [0.29, 0.717) is 12.5 Å². The summed E-state index contributed by atoms with van der Waals surface area (Å²) in [6.07, 6.45) is 4.68. The molecule has 0 aliphatic heterocycles. The highest BCUT2D eigenvalue weighted by molar-refractivity contribution is 5.20. The molecule has 1 aliphatic rings. The first kappa shape index (κ1) is 11.5. The maximum atomic E-state index is 5.67. The molecule has 1 fully saturated rings. The molecule has 0 amide bonds. The van der Waals surface area contributed by atoms with Crippen molar-refractivity contribution in [2.45, 2.75) is 44.7 Å². The molecule has 0 bridgehead atoms. The lowest BCUT2D eigenvalue weighted by molar-refractivity contribution is 0.190. The molecule has 16 heavy (non-hydrogen) atoms. The van der Waals surface area contributed by atoms with Gasteiger partial charge in [0.15, 0.2) is 0 Å². The average Bonchev–Trinajstić information content (AvgIpc) is 3.06. The van der Waals surface area contributed by atoms with Gasteiger partial charge in [-0.3, -0.25) is 0 Å². The molecule has 1 saturated carbocycles. The molecule has 0 saturated heterocycles. The van der Waals surface area contributed by atoms with E-state index in [1.165, 1.54) is 18.5 Å². The number of aryl methyl sites for hydroxylation is 1. The summed E-state index contributed by atoms with van der Waals surface area (Å²) >= 11 is 0. The summed E-state index contributed by atoms with van der Waals surface area (Å²) in [6.45, 7) is 2.25. The summed E-state index contributed by atoms with van der Waals surface area (Å²) in [7, 11) is 1.73. The molecule has 1 aromatic rings. The molecule has 2 rings (SSSR count). The molecule has 1 heterocycles. The first-order valence-electron chi connectivity index (χ1n) is 5.98. The van der Waals surface area contributed by atoms with Crippen LogP contribution in [0.1, 0.15) is 43.0 Å². The molecule has 0 atom stereocenters. The standard InChI is InChI=1S/C11H20N4O/c1-16-7-3-2-6-15-11(9-4-5-9)10(8-12)13-14-15/h9H,2-8,12H2,1H3. The van der Waals surface area contributed by atoms with E-state index in [1.807, 2.05) is 4.68 Å². The highest BCUT2D eigenvalue weighted by Gasteiger charge is 2.30. The Kier molecular flexibility index (Phi) is 3.90. The van der Waals surface area contributed by atoms with Crippen molar-refractivity contribution in [2.75, 3.05) is 13.7 Å². The number of methoxy groups -OCH3 is 1. The second-order valence-electron chi connectivity index (χ2n) is 4.32. The molecule has 5 nitrogen and oxygen atoms in total. The summed E-state index contributed by atoms with van der Waals surface area (Å²) < 4.78 is 7.07. The number of ether oxygens (including phenoxy) is 1. The van der Waals surface area contributed by atoms with Crippen molar-refractivity contribution in [2.24, 2.45) is 5.73 Å². The first-order valence-corrected chi connectivity index (χ1v) is 5.98. The Morgan fingerprint density at radius 3 is 2.88 bits per heavy atom. The smallest absolute Gasteiger partial charge is 0.0997 e. The van der Waals surface area contributed by atoms with Gasteiger partial charge in [-0.15, -0.1) is 5.10 Å². The molecule has 5 heteroatoms. The van der Waals surface area contributed by atoms with Crippen molar-refractivity contribution < 1.29 is 4.74 Å². The van der Waals surface area contributed by atoms with Crippen LogP contribution in [0, 0.1) is 0 Å². The summed E-state index contributed by atoms with van der Waals surface area (Å²) in [5, 5.41) is 8.34. The fraction of sp³-hybridized carbons (Fsp3) is 0.818. The zero-order valence-electron chi connectivity index (χ0n) is 9.85. The van der Waals surface area contributed by atoms with Crippen LogP contribution >= 0.6 is 0 Å². The van der Waals surface area contributed by atoms with Gasteiger partial charge >= 0.3 is 0 Å². The van der Waals surface area contributed by atoms with E-state index < -0.39 is 0 Å². The zero-order chi connectivity index (χ0) is 11.4. The molecule has 0 unspecified atom stereocenters. The van der Waals surface area contributed by atoms with Crippen molar-refractivity contribution in [1.29, 1.82) is 0 Å². The average molecular weight is 224 g/mol. The van der Waals surface area contributed by atoms with Crippen molar-refractivity contribution in [3.05, 3.63) is 11.4 Å². The molecular formula is C11H20N4O. The van der Waals surface area contributed by atoms with Gasteiger partial charge in [0.1, 0.15) is 0 Å². The Balaban J connectivity index is 1.94. The van der Waals surface area contributed by atoms with E-state index in [9.17, 15) is 0 Å². The normalized spacial score (nSPS) is 15.6. The number of hydrogen-bond acceptors (Lipinski definition) is 4. The number of nitrogens with zero attached hydrogens (tertiary/aromatic N) is 3. The molecule has 1 aromatic heterocycles. The van der Waals surface area contributed by atoms with Gasteiger partial charge < -0.3 is 10.5 Å². The predicted octanol–water partition coefficient (Wildman–Crippen LogP) is 1.04. The third-order valence-corrected chi connectivity index (χ3v) is 2.97. The second kappa shape index (κ2) is 5.41.